The molecule has 0 aliphatic heterocycles. The minimum Gasteiger partial charge on any atom is -0.339 e. The molecule has 196 valence electrons. The Morgan fingerprint density at radius 1 is 1.11 bits per heavy atom. The van der Waals surface area contributed by atoms with Crippen LogP contribution in [0.5, 0.6) is 0 Å². The van der Waals surface area contributed by atoms with Gasteiger partial charge in [-0.15, -0.1) is 5.10 Å². The lowest BCUT2D eigenvalue weighted by molar-refractivity contribution is -0.119. The van der Waals surface area contributed by atoms with E-state index in [0.717, 1.165) is 25.7 Å². The average Bonchev–Trinajstić information content (AvgIpc) is 3.80. The first-order chi connectivity index (χ1) is 17.7. The summed E-state index contributed by atoms with van der Waals surface area (Å²) in [7, 11) is 0. The molecule has 3 N–H and O–H groups in total. The predicted molar refractivity (Wildman–Crippen MR) is 132 cm³/mol. The maximum atomic E-state index is 14.8. The van der Waals surface area contributed by atoms with Gasteiger partial charge in [-0.25, -0.2) is 5.10 Å². The van der Waals surface area contributed by atoms with Crippen LogP contribution in [0.4, 0.5) is 10.1 Å². The zero-order chi connectivity index (χ0) is 26.3. The highest BCUT2D eigenvalue weighted by atomic mass is 19.1. The SMILES string of the molecule is CC(c1ccn[nH]c1=O)n1cc(NC(=O)[C@@H](NC(=O)c2ccnn2C(C)C)C(C2CC2)C2CC2)c(F)n1. The Hall–Kier alpha value is -3.83. The third-order valence-corrected chi connectivity index (χ3v) is 7.23. The van der Waals surface area contributed by atoms with Gasteiger partial charge >= 0.3 is 0 Å². The van der Waals surface area contributed by atoms with Gasteiger partial charge in [0.15, 0.2) is 0 Å². The third kappa shape index (κ3) is 5.18. The molecule has 11 nitrogen and oxygen atoms in total. The topological polar surface area (TPSA) is 140 Å². The van der Waals surface area contributed by atoms with Crippen molar-refractivity contribution in [3.8, 4) is 0 Å². The molecule has 2 amide bonds. The van der Waals surface area contributed by atoms with Crippen LogP contribution in [0.3, 0.4) is 0 Å². The van der Waals surface area contributed by atoms with Crippen LogP contribution in [0, 0.1) is 23.7 Å². The van der Waals surface area contributed by atoms with Gasteiger partial charge in [-0.1, -0.05) is 0 Å². The molecule has 3 aromatic heterocycles. The van der Waals surface area contributed by atoms with Crippen molar-refractivity contribution in [1.29, 1.82) is 0 Å². The molecule has 2 fully saturated rings. The largest absolute Gasteiger partial charge is 0.339 e. The summed E-state index contributed by atoms with van der Waals surface area (Å²) in [6, 6.07) is 1.71. The van der Waals surface area contributed by atoms with Gasteiger partial charge < -0.3 is 10.6 Å². The highest BCUT2D eigenvalue weighted by molar-refractivity contribution is 6.00. The number of H-pyrrole nitrogens is 1. The number of aromatic nitrogens is 6. The quantitative estimate of drug-likeness (QED) is 0.383. The van der Waals surface area contributed by atoms with E-state index in [4.69, 9.17) is 0 Å². The Kier molecular flexibility index (Phi) is 6.65. The summed E-state index contributed by atoms with van der Waals surface area (Å²) in [5.74, 6) is -1.07. The van der Waals surface area contributed by atoms with Crippen LogP contribution in [-0.2, 0) is 4.79 Å². The van der Waals surface area contributed by atoms with Crippen molar-refractivity contribution in [1.82, 2.24) is 35.1 Å². The van der Waals surface area contributed by atoms with E-state index in [0.29, 0.717) is 23.1 Å². The lowest BCUT2D eigenvalue weighted by Crippen LogP contribution is -2.50. The Bertz CT molecular complexity index is 1340. The first kappa shape index (κ1) is 24.8. The van der Waals surface area contributed by atoms with E-state index in [-0.39, 0.29) is 23.6 Å². The molecule has 3 aromatic rings. The summed E-state index contributed by atoms with van der Waals surface area (Å²) in [5.41, 5.74) is 0.203. The zero-order valence-electron chi connectivity index (χ0n) is 21.0. The molecule has 37 heavy (non-hydrogen) atoms. The fourth-order valence-electron chi connectivity index (χ4n) is 5.04. The van der Waals surface area contributed by atoms with Gasteiger partial charge in [0.2, 0.25) is 5.91 Å². The van der Waals surface area contributed by atoms with Crippen molar-refractivity contribution in [2.24, 2.45) is 17.8 Å². The van der Waals surface area contributed by atoms with Crippen LogP contribution in [-0.4, -0.2) is 47.6 Å². The highest BCUT2D eigenvalue weighted by Crippen LogP contribution is 2.51. The predicted octanol–water partition coefficient (Wildman–Crippen LogP) is 2.67. The van der Waals surface area contributed by atoms with Crippen LogP contribution in [0.15, 0.2) is 35.5 Å². The second-order valence-corrected chi connectivity index (χ2v) is 10.3. The summed E-state index contributed by atoms with van der Waals surface area (Å²) in [4.78, 5) is 38.9. The van der Waals surface area contributed by atoms with E-state index >= 15 is 0 Å². The summed E-state index contributed by atoms with van der Waals surface area (Å²) in [6.07, 6.45) is 8.38. The second-order valence-electron chi connectivity index (χ2n) is 10.3. The summed E-state index contributed by atoms with van der Waals surface area (Å²) >= 11 is 0. The smallest absolute Gasteiger partial charge is 0.270 e. The van der Waals surface area contributed by atoms with E-state index < -0.39 is 29.5 Å². The Balaban J connectivity index is 1.39. The van der Waals surface area contributed by atoms with Gasteiger partial charge in [-0.3, -0.25) is 23.7 Å². The number of hydrogen-bond acceptors (Lipinski definition) is 6. The number of aromatic amines is 1. The molecule has 0 bridgehead atoms. The fraction of sp³-hybridized carbons (Fsp3) is 0.520. The molecule has 3 heterocycles. The van der Waals surface area contributed by atoms with E-state index in [1.54, 1.807) is 23.9 Å². The maximum absolute atomic E-state index is 14.8. The molecular formula is C25H31FN8O3. The average molecular weight is 511 g/mol. The molecule has 0 saturated heterocycles. The monoisotopic (exact) mass is 510 g/mol. The van der Waals surface area contributed by atoms with E-state index in [2.05, 4.69) is 31.0 Å². The molecule has 2 saturated carbocycles. The van der Waals surface area contributed by atoms with Gasteiger partial charge in [0.1, 0.15) is 17.4 Å². The Morgan fingerprint density at radius 2 is 1.81 bits per heavy atom. The number of amides is 2. The minimum atomic E-state index is -0.872. The Morgan fingerprint density at radius 3 is 2.43 bits per heavy atom. The van der Waals surface area contributed by atoms with Crippen molar-refractivity contribution >= 4 is 17.5 Å². The third-order valence-electron chi connectivity index (χ3n) is 7.23. The molecule has 2 atom stereocenters. The number of halogens is 1. The van der Waals surface area contributed by atoms with Gasteiger partial charge in [-0.05, 0) is 76.3 Å². The van der Waals surface area contributed by atoms with Gasteiger partial charge in [0, 0.05) is 24.0 Å². The molecule has 0 aromatic carbocycles. The molecule has 1 unspecified atom stereocenters. The lowest BCUT2D eigenvalue weighted by Gasteiger charge is -2.27. The van der Waals surface area contributed by atoms with Crippen molar-refractivity contribution in [3.63, 3.8) is 0 Å². The standard InChI is InChI=1S/C25H31FN8O3/c1-13(2)34-19(9-11-28-34)24(36)30-21(20(15-4-5-15)16-6-7-16)25(37)29-18-12-33(32-22(18)26)14(3)17-8-10-27-31-23(17)35/h8-16,20-21H,4-7H2,1-3H3,(H,29,37)(H,30,36)(H,31,35)/t14?,21-/m0/s1. The summed E-state index contributed by atoms with van der Waals surface area (Å²) in [6.45, 7) is 5.54. The molecular weight excluding hydrogens is 479 g/mol. The molecule has 5 rings (SSSR count). The number of carbonyl (C=O) groups is 2. The summed E-state index contributed by atoms with van der Waals surface area (Å²) < 4.78 is 17.7. The molecule has 2 aliphatic carbocycles. The Labute approximate surface area is 212 Å². The first-order valence-electron chi connectivity index (χ1n) is 12.7. The zero-order valence-corrected chi connectivity index (χ0v) is 21.0. The van der Waals surface area contributed by atoms with E-state index in [1.165, 1.54) is 23.1 Å². The number of nitrogens with one attached hydrogen (secondary N) is 3. The van der Waals surface area contributed by atoms with Gasteiger partial charge in [-0.2, -0.15) is 14.6 Å². The number of anilines is 1. The highest BCUT2D eigenvalue weighted by Gasteiger charge is 2.48. The van der Waals surface area contributed by atoms with Crippen molar-refractivity contribution < 1.29 is 14.0 Å². The number of nitrogens with zero attached hydrogens (tertiary/aromatic N) is 5. The van der Waals surface area contributed by atoms with Crippen molar-refractivity contribution in [3.05, 3.63) is 58.3 Å². The van der Waals surface area contributed by atoms with Crippen LogP contribution in [0.2, 0.25) is 0 Å². The van der Waals surface area contributed by atoms with Crippen LogP contribution >= 0.6 is 0 Å². The first-order valence-corrected chi connectivity index (χ1v) is 12.7. The van der Waals surface area contributed by atoms with Gasteiger partial charge in [0.25, 0.3) is 17.4 Å². The van der Waals surface area contributed by atoms with Crippen LogP contribution in [0.1, 0.15) is 74.6 Å². The van der Waals surface area contributed by atoms with Crippen LogP contribution < -0.4 is 16.2 Å². The molecule has 12 heteroatoms. The molecule has 0 radical (unpaired) electrons. The van der Waals surface area contributed by atoms with Crippen molar-refractivity contribution in [2.75, 3.05) is 5.32 Å². The lowest BCUT2D eigenvalue weighted by atomic mass is 9.88. The number of hydrogen-bond donors (Lipinski definition) is 3. The number of carbonyl (C=O) groups excluding carboxylic acids is 2. The second kappa shape index (κ2) is 9.91. The summed E-state index contributed by atoms with van der Waals surface area (Å²) in [5, 5.41) is 19.7. The van der Waals surface area contributed by atoms with Crippen molar-refractivity contribution in [2.45, 2.75) is 64.6 Å². The maximum Gasteiger partial charge on any atom is 0.270 e. The van der Waals surface area contributed by atoms with E-state index in [9.17, 15) is 18.8 Å². The fourth-order valence-corrected chi connectivity index (χ4v) is 5.04. The molecule has 0 spiro atoms. The number of rotatable bonds is 10. The normalized spacial score (nSPS) is 17.1. The molecule has 2 aliphatic rings. The minimum absolute atomic E-state index is 0.0215. The van der Waals surface area contributed by atoms with Gasteiger partial charge in [0.05, 0.1) is 12.2 Å². The van der Waals surface area contributed by atoms with Crippen LogP contribution in [0.25, 0.3) is 0 Å². The van der Waals surface area contributed by atoms with E-state index in [1.807, 2.05) is 13.8 Å².